The van der Waals surface area contributed by atoms with Crippen molar-refractivity contribution in [3.8, 4) is 0 Å². The van der Waals surface area contributed by atoms with Crippen LogP contribution in [-0.4, -0.2) is 44.5 Å². The summed E-state index contributed by atoms with van der Waals surface area (Å²) < 4.78 is 38.3. The van der Waals surface area contributed by atoms with E-state index < -0.39 is 28.1 Å². The van der Waals surface area contributed by atoms with E-state index in [0.29, 0.717) is 17.7 Å². The van der Waals surface area contributed by atoms with Gasteiger partial charge in [-0.2, -0.15) is 4.31 Å². The number of nitrogens with zero attached hydrogens (tertiary/aromatic N) is 1. The molecule has 0 bridgehead atoms. The Kier molecular flexibility index (Phi) is 5.98. The number of sulfonamides is 1. The molecule has 0 saturated carbocycles. The molecular weight excluding hydrogens is 378 g/mol. The molecule has 1 aliphatic rings. The van der Waals surface area contributed by atoms with Crippen molar-refractivity contribution in [1.82, 2.24) is 4.31 Å². The van der Waals surface area contributed by atoms with Crippen LogP contribution in [0.15, 0.2) is 66.1 Å². The lowest BCUT2D eigenvalue weighted by molar-refractivity contribution is -0.145. The molecule has 2 atom stereocenters. The predicted molar refractivity (Wildman–Crippen MR) is 106 cm³/mol. The average molecular weight is 401 g/mol. The van der Waals surface area contributed by atoms with Crippen LogP contribution in [0.3, 0.4) is 0 Å². The van der Waals surface area contributed by atoms with E-state index in [4.69, 9.17) is 9.47 Å². The zero-order valence-corrected chi connectivity index (χ0v) is 16.7. The third kappa shape index (κ3) is 3.73. The van der Waals surface area contributed by atoms with Gasteiger partial charge in [0, 0.05) is 0 Å². The maximum absolute atomic E-state index is 13.3. The quantitative estimate of drug-likeness (QED) is 0.696. The molecule has 0 N–H and O–H groups in total. The van der Waals surface area contributed by atoms with Crippen molar-refractivity contribution in [2.75, 3.05) is 13.7 Å². The highest BCUT2D eigenvalue weighted by atomic mass is 32.2. The number of methoxy groups -OCH3 is 1. The number of benzene rings is 2. The molecule has 0 spiro atoms. The molecule has 0 unspecified atom stereocenters. The Morgan fingerprint density at radius 3 is 2.46 bits per heavy atom. The van der Waals surface area contributed by atoms with Crippen molar-refractivity contribution in [3.05, 3.63) is 72.3 Å². The van der Waals surface area contributed by atoms with E-state index in [2.05, 4.69) is 6.58 Å². The number of hydrogen-bond donors (Lipinski definition) is 0. The highest BCUT2D eigenvalue weighted by molar-refractivity contribution is 7.89. The summed E-state index contributed by atoms with van der Waals surface area (Å²) in [5.74, 6) is -0.635. The van der Waals surface area contributed by atoms with E-state index in [-0.39, 0.29) is 11.5 Å². The van der Waals surface area contributed by atoms with Crippen LogP contribution in [0.2, 0.25) is 0 Å². The number of esters is 1. The van der Waals surface area contributed by atoms with Gasteiger partial charge >= 0.3 is 5.97 Å². The number of hydrogen-bond acceptors (Lipinski definition) is 5. The van der Waals surface area contributed by atoms with Gasteiger partial charge in [-0.1, -0.05) is 55.1 Å². The highest BCUT2D eigenvalue weighted by Gasteiger charge is 2.45. The van der Waals surface area contributed by atoms with Crippen LogP contribution in [0.1, 0.15) is 18.1 Å². The van der Waals surface area contributed by atoms with Gasteiger partial charge in [-0.25, -0.2) is 8.42 Å². The molecule has 1 heterocycles. The van der Waals surface area contributed by atoms with E-state index in [1.165, 1.54) is 20.1 Å². The summed E-state index contributed by atoms with van der Waals surface area (Å²) in [6.07, 6.45) is 0. The smallest absolute Gasteiger partial charge is 0.323 e. The minimum Gasteiger partial charge on any atom is -0.468 e. The van der Waals surface area contributed by atoms with Gasteiger partial charge in [-0.15, -0.1) is 0 Å². The fourth-order valence-electron chi connectivity index (χ4n) is 3.36. The molecule has 6 nitrogen and oxygen atoms in total. The normalized spacial score (nSPS) is 19.6. The van der Waals surface area contributed by atoms with Crippen molar-refractivity contribution < 1.29 is 22.7 Å². The predicted octanol–water partition coefficient (Wildman–Crippen LogP) is 2.85. The lowest BCUT2D eigenvalue weighted by atomic mass is 9.99. The summed E-state index contributed by atoms with van der Waals surface area (Å²) in [5.41, 5.74) is 2.11. The van der Waals surface area contributed by atoms with Crippen LogP contribution in [0, 0.1) is 0 Å². The molecule has 7 heteroatoms. The van der Waals surface area contributed by atoms with Gasteiger partial charge in [0.1, 0.15) is 6.04 Å². The van der Waals surface area contributed by atoms with E-state index in [1.807, 2.05) is 30.3 Å². The van der Waals surface area contributed by atoms with Gasteiger partial charge in [0.2, 0.25) is 10.0 Å². The highest BCUT2D eigenvalue weighted by Crippen LogP contribution is 2.38. The van der Waals surface area contributed by atoms with Crippen LogP contribution < -0.4 is 0 Å². The maximum Gasteiger partial charge on any atom is 0.323 e. The van der Waals surface area contributed by atoms with Crippen LogP contribution in [0.5, 0.6) is 0 Å². The first kappa shape index (κ1) is 20.3. The second kappa shape index (κ2) is 8.26. The Morgan fingerprint density at radius 2 is 1.79 bits per heavy atom. The lowest BCUT2D eigenvalue weighted by Gasteiger charge is -2.39. The van der Waals surface area contributed by atoms with E-state index in [0.717, 1.165) is 9.87 Å². The van der Waals surface area contributed by atoms with Gasteiger partial charge < -0.3 is 9.47 Å². The van der Waals surface area contributed by atoms with E-state index >= 15 is 0 Å². The van der Waals surface area contributed by atoms with Crippen molar-refractivity contribution in [2.24, 2.45) is 0 Å². The number of carbonyl (C=O) groups is 1. The topological polar surface area (TPSA) is 72.9 Å². The summed E-state index contributed by atoms with van der Waals surface area (Å²) in [6.45, 7) is 6.01. The number of ether oxygens (including phenoxy) is 2. The van der Waals surface area contributed by atoms with Crippen LogP contribution in [0.25, 0.3) is 5.57 Å². The molecule has 1 aliphatic heterocycles. The third-order valence-electron chi connectivity index (χ3n) is 4.81. The number of carbonyl (C=O) groups excluding carboxylic acids is 1. The summed E-state index contributed by atoms with van der Waals surface area (Å²) >= 11 is 0. The summed E-state index contributed by atoms with van der Waals surface area (Å²) in [7, 11) is -2.69. The fourth-order valence-corrected chi connectivity index (χ4v) is 5.34. The molecule has 28 heavy (non-hydrogen) atoms. The molecule has 3 rings (SSSR count). The minimum absolute atomic E-state index is 0.0720. The van der Waals surface area contributed by atoms with Gasteiger partial charge in [-0.05, 0) is 29.7 Å². The van der Waals surface area contributed by atoms with Crippen molar-refractivity contribution in [3.63, 3.8) is 0 Å². The van der Waals surface area contributed by atoms with Crippen molar-refractivity contribution >= 4 is 21.6 Å². The van der Waals surface area contributed by atoms with E-state index in [1.54, 1.807) is 18.2 Å². The fraction of sp³-hybridized carbons (Fsp3) is 0.286. The first-order chi connectivity index (χ1) is 13.4. The molecule has 0 amide bonds. The summed E-state index contributed by atoms with van der Waals surface area (Å²) in [4.78, 5) is 12.3. The lowest BCUT2D eigenvalue weighted by Crippen LogP contribution is -2.53. The summed E-state index contributed by atoms with van der Waals surface area (Å²) in [5, 5.41) is 0. The molecule has 2 aromatic rings. The first-order valence-electron chi connectivity index (χ1n) is 8.89. The summed E-state index contributed by atoms with van der Waals surface area (Å²) in [6, 6.07) is 14.5. The zero-order valence-electron chi connectivity index (χ0n) is 15.9. The maximum atomic E-state index is 13.3. The molecule has 0 fully saturated rings. The third-order valence-corrected chi connectivity index (χ3v) is 6.85. The molecule has 0 aromatic heterocycles. The molecule has 0 aliphatic carbocycles. The minimum atomic E-state index is -3.92. The molecule has 2 aromatic carbocycles. The van der Waals surface area contributed by atoms with Crippen molar-refractivity contribution in [1.29, 1.82) is 0 Å². The Balaban J connectivity index is 1.94. The number of fused-ring (bicyclic) bond motifs is 1. The average Bonchev–Trinajstić information content (AvgIpc) is 2.71. The van der Waals surface area contributed by atoms with Gasteiger partial charge in [0.15, 0.2) is 0 Å². The monoisotopic (exact) mass is 401 g/mol. The van der Waals surface area contributed by atoms with Crippen molar-refractivity contribution in [2.45, 2.75) is 30.5 Å². The van der Waals surface area contributed by atoms with Crippen LogP contribution >= 0.6 is 0 Å². The Bertz CT molecular complexity index is 971. The Hall–Kier alpha value is -2.48. The molecule has 0 saturated heterocycles. The first-order valence-corrected chi connectivity index (χ1v) is 10.3. The largest absolute Gasteiger partial charge is 0.468 e. The Labute approximate surface area is 165 Å². The molecule has 148 valence electrons. The van der Waals surface area contributed by atoms with Gasteiger partial charge in [-0.3, -0.25) is 4.79 Å². The van der Waals surface area contributed by atoms with Gasteiger partial charge in [0.05, 0.1) is 31.3 Å². The zero-order chi connectivity index (χ0) is 20.3. The second-order valence-corrected chi connectivity index (χ2v) is 8.38. The van der Waals surface area contributed by atoms with E-state index in [9.17, 15) is 13.2 Å². The van der Waals surface area contributed by atoms with Crippen LogP contribution in [0.4, 0.5) is 0 Å². The second-order valence-electron chi connectivity index (χ2n) is 6.57. The standard InChI is InChI=1S/C21H23NO5S/c1-15-18-11-7-8-12-20(18)28(24,25)22(16(2)21(23)26-3)19(15)14-27-13-17-9-5-4-6-10-17/h4-12,16,19H,1,13-14H2,2-3H3/t16-,19-/m0/s1. The SMILES string of the molecule is C=C1c2ccccc2S(=O)(=O)N([C@@H](C)C(=O)OC)[C@H]1COCc1ccccc1. The Morgan fingerprint density at radius 1 is 1.14 bits per heavy atom. The molecule has 0 radical (unpaired) electrons. The number of rotatable bonds is 6. The van der Waals surface area contributed by atoms with Crippen LogP contribution in [-0.2, 0) is 30.9 Å². The molecular formula is C21H23NO5S. The van der Waals surface area contributed by atoms with Gasteiger partial charge in [0.25, 0.3) is 0 Å².